The summed E-state index contributed by atoms with van der Waals surface area (Å²) < 4.78 is 5.36. The highest BCUT2D eigenvalue weighted by Gasteiger charge is 2.17. The summed E-state index contributed by atoms with van der Waals surface area (Å²) in [6.07, 6.45) is 1.10. The van der Waals surface area contributed by atoms with Crippen molar-refractivity contribution in [2.24, 2.45) is 0 Å². The molecule has 3 heterocycles. The minimum atomic E-state index is 0.230. The van der Waals surface area contributed by atoms with Crippen LogP contribution in [0.5, 0.6) is 0 Å². The third kappa shape index (κ3) is 3.88. The van der Waals surface area contributed by atoms with Gasteiger partial charge >= 0.3 is 0 Å². The van der Waals surface area contributed by atoms with Crippen LogP contribution in [0.25, 0.3) is 10.7 Å². The first-order valence-corrected chi connectivity index (χ1v) is 8.15. The van der Waals surface area contributed by atoms with E-state index in [0.717, 1.165) is 44.0 Å². The second kappa shape index (κ2) is 7.13. The average molecular weight is 308 g/mol. The Hall–Kier alpha value is -1.28. The van der Waals surface area contributed by atoms with E-state index < -0.39 is 0 Å². The summed E-state index contributed by atoms with van der Waals surface area (Å²) in [5.41, 5.74) is 0. The monoisotopic (exact) mass is 308 g/mol. The van der Waals surface area contributed by atoms with Gasteiger partial charge in [-0.2, -0.15) is 4.98 Å². The van der Waals surface area contributed by atoms with Crippen molar-refractivity contribution < 1.29 is 9.63 Å². The molecule has 1 aliphatic rings. The minimum absolute atomic E-state index is 0.230. The van der Waals surface area contributed by atoms with Crippen LogP contribution in [-0.4, -0.2) is 64.4 Å². The van der Waals surface area contributed by atoms with Crippen molar-refractivity contribution in [3.8, 4) is 10.7 Å². The van der Waals surface area contributed by atoms with E-state index in [-0.39, 0.29) is 6.61 Å². The third-order valence-electron chi connectivity index (χ3n) is 3.67. The lowest BCUT2D eigenvalue weighted by Gasteiger charge is -2.19. The standard InChI is InChI=1S/C14H20N4O2S/c19-9-8-17-4-2-5-18(7-6-17)11-13-15-14(16-20-13)12-3-1-10-21-12/h1,3,10,19H,2,4-9,11H2. The molecular formula is C14H20N4O2S. The van der Waals surface area contributed by atoms with Gasteiger partial charge in [0.2, 0.25) is 11.7 Å². The smallest absolute Gasteiger partial charge is 0.241 e. The van der Waals surface area contributed by atoms with Crippen LogP contribution >= 0.6 is 11.3 Å². The zero-order valence-electron chi connectivity index (χ0n) is 11.9. The summed E-state index contributed by atoms with van der Waals surface area (Å²) in [7, 11) is 0. The van der Waals surface area contributed by atoms with E-state index in [4.69, 9.17) is 9.63 Å². The van der Waals surface area contributed by atoms with Crippen molar-refractivity contribution in [2.45, 2.75) is 13.0 Å². The van der Waals surface area contributed by atoms with Crippen molar-refractivity contribution in [3.05, 3.63) is 23.4 Å². The molecular weight excluding hydrogens is 288 g/mol. The number of thiophene rings is 1. The molecule has 6 nitrogen and oxygen atoms in total. The van der Waals surface area contributed by atoms with Gasteiger partial charge in [-0.3, -0.25) is 9.80 Å². The predicted molar refractivity (Wildman–Crippen MR) is 81.0 cm³/mol. The van der Waals surface area contributed by atoms with Crippen LogP contribution in [0.1, 0.15) is 12.3 Å². The van der Waals surface area contributed by atoms with Gasteiger partial charge in [0.1, 0.15) is 0 Å². The molecule has 1 aliphatic heterocycles. The first-order chi connectivity index (χ1) is 10.3. The zero-order valence-corrected chi connectivity index (χ0v) is 12.8. The molecule has 0 amide bonds. The summed E-state index contributed by atoms with van der Waals surface area (Å²) in [5.74, 6) is 1.35. The Morgan fingerprint density at radius 2 is 2.10 bits per heavy atom. The highest BCUT2D eigenvalue weighted by atomic mass is 32.1. The molecule has 1 fully saturated rings. The van der Waals surface area contributed by atoms with E-state index >= 15 is 0 Å². The summed E-state index contributed by atoms with van der Waals surface area (Å²) in [4.78, 5) is 10.1. The van der Waals surface area contributed by atoms with Crippen LogP contribution in [0, 0.1) is 0 Å². The van der Waals surface area contributed by atoms with Gasteiger partial charge in [0, 0.05) is 19.6 Å². The van der Waals surface area contributed by atoms with E-state index in [2.05, 4.69) is 19.9 Å². The molecule has 3 rings (SSSR count). The lowest BCUT2D eigenvalue weighted by Crippen LogP contribution is -2.32. The van der Waals surface area contributed by atoms with Gasteiger partial charge in [0.05, 0.1) is 18.0 Å². The van der Waals surface area contributed by atoms with Gasteiger partial charge in [-0.1, -0.05) is 11.2 Å². The molecule has 0 bridgehead atoms. The molecule has 0 unspecified atom stereocenters. The Labute approximate surface area is 128 Å². The number of rotatable bonds is 5. The van der Waals surface area contributed by atoms with Gasteiger partial charge in [-0.15, -0.1) is 11.3 Å². The van der Waals surface area contributed by atoms with Crippen molar-refractivity contribution >= 4 is 11.3 Å². The largest absolute Gasteiger partial charge is 0.395 e. The molecule has 0 spiro atoms. The molecule has 2 aromatic rings. The fraction of sp³-hybridized carbons (Fsp3) is 0.571. The number of aliphatic hydroxyl groups is 1. The average Bonchev–Trinajstić information content (AvgIpc) is 3.10. The fourth-order valence-electron chi connectivity index (χ4n) is 2.56. The van der Waals surface area contributed by atoms with Gasteiger partial charge < -0.3 is 9.63 Å². The van der Waals surface area contributed by atoms with Crippen molar-refractivity contribution in [3.63, 3.8) is 0 Å². The topological polar surface area (TPSA) is 65.6 Å². The van der Waals surface area contributed by atoms with Crippen LogP contribution in [0.4, 0.5) is 0 Å². The summed E-state index contributed by atoms with van der Waals surface area (Å²) in [6, 6.07) is 3.98. The van der Waals surface area contributed by atoms with Gasteiger partial charge in [0.15, 0.2) is 0 Å². The summed E-state index contributed by atoms with van der Waals surface area (Å²) in [5, 5.41) is 15.1. The van der Waals surface area contributed by atoms with Crippen molar-refractivity contribution in [1.82, 2.24) is 19.9 Å². The number of β-amino-alcohol motifs (C(OH)–C–C–N with tert-alkyl or cyclic N) is 1. The number of nitrogens with zero attached hydrogens (tertiary/aromatic N) is 4. The predicted octanol–water partition coefficient (Wildman–Crippen LogP) is 1.30. The molecule has 2 aromatic heterocycles. The second-order valence-corrected chi connectivity index (χ2v) is 6.13. The maximum atomic E-state index is 9.02. The second-order valence-electron chi connectivity index (χ2n) is 5.18. The SMILES string of the molecule is OCCN1CCCN(Cc2nc(-c3cccs3)no2)CC1. The highest BCUT2D eigenvalue weighted by molar-refractivity contribution is 7.13. The Morgan fingerprint density at radius 3 is 2.90 bits per heavy atom. The van der Waals surface area contributed by atoms with Crippen molar-refractivity contribution in [1.29, 1.82) is 0 Å². The number of aliphatic hydroxyl groups excluding tert-OH is 1. The van der Waals surface area contributed by atoms with E-state index in [1.54, 1.807) is 11.3 Å². The molecule has 0 radical (unpaired) electrons. The Morgan fingerprint density at radius 1 is 1.24 bits per heavy atom. The van der Waals surface area contributed by atoms with Gasteiger partial charge in [-0.25, -0.2) is 0 Å². The molecule has 0 atom stereocenters. The Kier molecular flexibility index (Phi) is 4.97. The van der Waals surface area contributed by atoms with Crippen LogP contribution < -0.4 is 0 Å². The van der Waals surface area contributed by atoms with E-state index in [9.17, 15) is 0 Å². The van der Waals surface area contributed by atoms with E-state index in [0.29, 0.717) is 18.3 Å². The first-order valence-electron chi connectivity index (χ1n) is 7.27. The number of hydrogen-bond donors (Lipinski definition) is 1. The van der Waals surface area contributed by atoms with Crippen LogP contribution in [0.3, 0.4) is 0 Å². The quantitative estimate of drug-likeness (QED) is 0.898. The third-order valence-corrected chi connectivity index (χ3v) is 4.53. The Bertz CT molecular complexity index is 543. The molecule has 0 aliphatic carbocycles. The molecule has 7 heteroatoms. The number of aromatic nitrogens is 2. The zero-order chi connectivity index (χ0) is 14.5. The van der Waals surface area contributed by atoms with Crippen LogP contribution in [0.2, 0.25) is 0 Å². The summed E-state index contributed by atoms with van der Waals surface area (Å²) in [6.45, 7) is 5.71. The lowest BCUT2D eigenvalue weighted by atomic mass is 10.4. The maximum absolute atomic E-state index is 9.02. The van der Waals surface area contributed by atoms with E-state index in [1.165, 1.54) is 0 Å². The molecule has 1 saturated heterocycles. The molecule has 114 valence electrons. The molecule has 21 heavy (non-hydrogen) atoms. The first kappa shape index (κ1) is 14.6. The van der Waals surface area contributed by atoms with E-state index in [1.807, 2.05) is 17.5 Å². The molecule has 0 saturated carbocycles. The Balaban J connectivity index is 1.57. The molecule has 1 N–H and O–H groups in total. The number of hydrogen-bond acceptors (Lipinski definition) is 7. The highest BCUT2D eigenvalue weighted by Crippen LogP contribution is 2.21. The van der Waals surface area contributed by atoms with Gasteiger partial charge in [-0.05, 0) is 31.0 Å². The van der Waals surface area contributed by atoms with Crippen molar-refractivity contribution in [2.75, 3.05) is 39.3 Å². The molecule has 0 aromatic carbocycles. The minimum Gasteiger partial charge on any atom is -0.395 e. The fourth-order valence-corrected chi connectivity index (χ4v) is 3.21. The van der Waals surface area contributed by atoms with Gasteiger partial charge in [0.25, 0.3) is 0 Å². The maximum Gasteiger partial charge on any atom is 0.241 e. The van der Waals surface area contributed by atoms with Crippen LogP contribution in [0.15, 0.2) is 22.0 Å². The van der Waals surface area contributed by atoms with Crippen LogP contribution in [-0.2, 0) is 6.54 Å². The normalized spacial score (nSPS) is 18.0. The lowest BCUT2D eigenvalue weighted by molar-refractivity contribution is 0.191. The summed E-state index contributed by atoms with van der Waals surface area (Å²) >= 11 is 1.62.